The minimum absolute atomic E-state index is 0.0871. The van der Waals surface area contributed by atoms with Crippen molar-refractivity contribution in [3.63, 3.8) is 0 Å². The van der Waals surface area contributed by atoms with Crippen molar-refractivity contribution >= 4 is 17.5 Å². The molecule has 3 aliphatic rings. The highest BCUT2D eigenvalue weighted by Crippen LogP contribution is 2.30. The molecule has 0 saturated carbocycles. The lowest BCUT2D eigenvalue weighted by Gasteiger charge is -2.36. The van der Waals surface area contributed by atoms with Gasteiger partial charge < -0.3 is 9.47 Å². The summed E-state index contributed by atoms with van der Waals surface area (Å²) in [5, 5.41) is 0. The van der Waals surface area contributed by atoms with E-state index >= 15 is 0 Å². The summed E-state index contributed by atoms with van der Waals surface area (Å²) in [7, 11) is 0. The first-order valence-electron chi connectivity index (χ1n) is 11.3. The molecule has 3 saturated heterocycles. The van der Waals surface area contributed by atoms with E-state index in [1.165, 1.54) is 11.3 Å². The van der Waals surface area contributed by atoms with Gasteiger partial charge in [-0.3, -0.25) is 19.4 Å². The van der Waals surface area contributed by atoms with Crippen LogP contribution in [-0.4, -0.2) is 80.2 Å². The molecule has 1 atom stereocenters. The highest BCUT2D eigenvalue weighted by molar-refractivity contribution is 6.22. The fourth-order valence-corrected chi connectivity index (χ4v) is 4.77. The van der Waals surface area contributed by atoms with Crippen LogP contribution in [0.4, 0.5) is 5.69 Å². The molecule has 0 bridgehead atoms. The van der Waals surface area contributed by atoms with E-state index in [9.17, 15) is 9.59 Å². The third-order valence-electron chi connectivity index (χ3n) is 6.58. The molecule has 1 aromatic carbocycles. The summed E-state index contributed by atoms with van der Waals surface area (Å²) in [5.74, 6) is 1.26. The topological polar surface area (TPSA) is 62.3 Å². The molecule has 3 fully saturated rings. The molecule has 0 aliphatic carbocycles. The summed E-state index contributed by atoms with van der Waals surface area (Å²) in [6.07, 6.45) is 3.70. The van der Waals surface area contributed by atoms with E-state index in [1.807, 2.05) is 19.1 Å². The number of ether oxygens (including phenoxy) is 2. The van der Waals surface area contributed by atoms with Crippen LogP contribution in [0.25, 0.3) is 0 Å². The zero-order valence-electron chi connectivity index (χ0n) is 17.9. The molecule has 0 spiro atoms. The molecule has 1 aromatic rings. The quantitative estimate of drug-likeness (QED) is 0.636. The van der Waals surface area contributed by atoms with Crippen molar-refractivity contribution in [2.45, 2.75) is 38.6 Å². The van der Waals surface area contributed by atoms with Crippen LogP contribution < -0.4 is 9.64 Å². The Balaban J connectivity index is 1.29. The Hall–Kier alpha value is -1.96. The minimum Gasteiger partial charge on any atom is -0.494 e. The Bertz CT molecular complexity index is 724. The zero-order valence-corrected chi connectivity index (χ0v) is 17.9. The molecular formula is C23H33N3O4. The number of morpholine rings is 1. The van der Waals surface area contributed by atoms with Crippen LogP contribution >= 0.6 is 0 Å². The molecule has 4 rings (SSSR count). The number of nitrogens with zero attached hydrogens (tertiary/aromatic N) is 3. The lowest BCUT2D eigenvalue weighted by atomic mass is 9.92. The zero-order chi connectivity index (χ0) is 20.9. The van der Waals surface area contributed by atoms with Gasteiger partial charge in [-0.1, -0.05) is 0 Å². The van der Waals surface area contributed by atoms with Crippen LogP contribution in [0.3, 0.4) is 0 Å². The van der Waals surface area contributed by atoms with E-state index in [0.29, 0.717) is 18.2 Å². The van der Waals surface area contributed by atoms with Crippen molar-refractivity contribution in [2.75, 3.05) is 57.4 Å². The Kier molecular flexibility index (Phi) is 7.02. The fourth-order valence-electron chi connectivity index (χ4n) is 4.77. The number of hydrogen-bond donors (Lipinski definition) is 0. The van der Waals surface area contributed by atoms with E-state index < -0.39 is 0 Å². The summed E-state index contributed by atoms with van der Waals surface area (Å²) < 4.78 is 10.9. The minimum atomic E-state index is -0.315. The predicted octanol–water partition coefficient (Wildman–Crippen LogP) is 2.15. The van der Waals surface area contributed by atoms with Gasteiger partial charge >= 0.3 is 0 Å². The van der Waals surface area contributed by atoms with Crippen LogP contribution in [0.1, 0.15) is 32.6 Å². The number of amides is 2. The first-order chi connectivity index (χ1) is 14.7. The second-order valence-electron chi connectivity index (χ2n) is 8.44. The largest absolute Gasteiger partial charge is 0.494 e. The maximum absolute atomic E-state index is 13.1. The second kappa shape index (κ2) is 9.90. The number of anilines is 1. The second-order valence-corrected chi connectivity index (χ2v) is 8.44. The third kappa shape index (κ3) is 4.85. The van der Waals surface area contributed by atoms with Crippen molar-refractivity contribution in [2.24, 2.45) is 5.92 Å². The molecule has 3 aliphatic heterocycles. The van der Waals surface area contributed by atoms with Gasteiger partial charge in [0.1, 0.15) is 5.75 Å². The van der Waals surface area contributed by atoms with Crippen LogP contribution in [0.2, 0.25) is 0 Å². The van der Waals surface area contributed by atoms with E-state index in [2.05, 4.69) is 9.80 Å². The van der Waals surface area contributed by atoms with Gasteiger partial charge in [0.25, 0.3) is 5.91 Å². The summed E-state index contributed by atoms with van der Waals surface area (Å²) in [6, 6.07) is 6.89. The van der Waals surface area contributed by atoms with E-state index in [-0.39, 0.29) is 24.3 Å². The number of carbonyl (C=O) groups excluding carboxylic acids is 2. The van der Waals surface area contributed by atoms with Crippen LogP contribution in [0.15, 0.2) is 24.3 Å². The van der Waals surface area contributed by atoms with Crippen molar-refractivity contribution in [1.82, 2.24) is 9.80 Å². The molecule has 0 N–H and O–H groups in total. The van der Waals surface area contributed by atoms with Crippen molar-refractivity contribution in [1.29, 1.82) is 0 Å². The molecular weight excluding hydrogens is 382 g/mol. The number of benzene rings is 1. The summed E-state index contributed by atoms with van der Waals surface area (Å²) in [4.78, 5) is 31.7. The van der Waals surface area contributed by atoms with Gasteiger partial charge in [0.15, 0.2) is 0 Å². The molecule has 7 nitrogen and oxygen atoms in total. The van der Waals surface area contributed by atoms with Crippen molar-refractivity contribution in [3.05, 3.63) is 24.3 Å². The molecule has 3 heterocycles. The Labute approximate surface area is 178 Å². The highest BCUT2D eigenvalue weighted by Gasteiger charge is 2.43. The van der Waals surface area contributed by atoms with Crippen molar-refractivity contribution < 1.29 is 19.1 Å². The Morgan fingerprint density at radius 2 is 1.73 bits per heavy atom. The number of carbonyl (C=O) groups is 2. The van der Waals surface area contributed by atoms with Gasteiger partial charge in [-0.05, 0) is 76.0 Å². The van der Waals surface area contributed by atoms with Gasteiger partial charge in [-0.25, -0.2) is 4.90 Å². The predicted molar refractivity (Wildman–Crippen MR) is 115 cm³/mol. The maximum atomic E-state index is 13.1. The molecule has 1 unspecified atom stereocenters. The number of hydrogen-bond acceptors (Lipinski definition) is 6. The smallest absolute Gasteiger partial charge is 0.251 e. The number of imide groups is 1. The first kappa shape index (κ1) is 21.3. The lowest BCUT2D eigenvalue weighted by molar-refractivity contribution is -0.123. The number of rotatable bonds is 7. The Morgan fingerprint density at radius 1 is 1.03 bits per heavy atom. The first-order valence-corrected chi connectivity index (χ1v) is 11.3. The molecule has 0 aromatic heterocycles. The molecule has 2 amide bonds. The molecule has 7 heteroatoms. The maximum Gasteiger partial charge on any atom is 0.251 e. The Morgan fingerprint density at radius 3 is 2.40 bits per heavy atom. The van der Waals surface area contributed by atoms with Gasteiger partial charge in [-0.15, -0.1) is 0 Å². The van der Waals surface area contributed by atoms with Crippen LogP contribution in [0, 0.1) is 5.92 Å². The average Bonchev–Trinajstić information content (AvgIpc) is 3.08. The summed E-state index contributed by atoms with van der Waals surface area (Å²) in [5.41, 5.74) is 0.636. The lowest BCUT2D eigenvalue weighted by Crippen LogP contribution is -2.46. The van der Waals surface area contributed by atoms with Gasteiger partial charge in [-0.2, -0.15) is 0 Å². The van der Waals surface area contributed by atoms with E-state index in [4.69, 9.17) is 9.47 Å². The van der Waals surface area contributed by atoms with E-state index in [0.717, 1.165) is 64.5 Å². The molecule has 164 valence electrons. The molecule has 0 radical (unpaired) electrons. The van der Waals surface area contributed by atoms with Gasteiger partial charge in [0.05, 0.1) is 38.0 Å². The SMILES string of the molecule is CCOc1ccc(N2C(=O)CC(N3CCC(CCN4CCOCC4)CC3)C2=O)cc1. The summed E-state index contributed by atoms with van der Waals surface area (Å²) in [6.45, 7) is 9.23. The number of likely N-dealkylation sites (tertiary alicyclic amines) is 1. The number of piperidine rings is 1. The monoisotopic (exact) mass is 415 g/mol. The van der Waals surface area contributed by atoms with Crippen LogP contribution in [-0.2, 0) is 14.3 Å². The molecule has 30 heavy (non-hydrogen) atoms. The average molecular weight is 416 g/mol. The fraction of sp³-hybridized carbons (Fsp3) is 0.652. The van der Waals surface area contributed by atoms with Gasteiger partial charge in [0, 0.05) is 13.1 Å². The third-order valence-corrected chi connectivity index (χ3v) is 6.58. The summed E-state index contributed by atoms with van der Waals surface area (Å²) >= 11 is 0. The van der Waals surface area contributed by atoms with Gasteiger partial charge in [0.2, 0.25) is 5.91 Å². The standard InChI is InChI=1S/C23H33N3O4/c1-2-30-20-5-3-19(4-6-20)26-22(27)17-21(23(26)28)25-11-8-18(9-12-25)7-10-24-13-15-29-16-14-24/h3-6,18,21H,2,7-17H2,1H3. The van der Waals surface area contributed by atoms with Crippen molar-refractivity contribution in [3.8, 4) is 5.75 Å². The van der Waals surface area contributed by atoms with Crippen LogP contribution in [0.5, 0.6) is 5.75 Å². The normalized spacial score (nSPS) is 24.6. The highest BCUT2D eigenvalue weighted by atomic mass is 16.5. The van der Waals surface area contributed by atoms with E-state index in [1.54, 1.807) is 12.1 Å².